The van der Waals surface area contributed by atoms with E-state index in [9.17, 15) is 24.0 Å². The van der Waals surface area contributed by atoms with Crippen LogP contribution < -0.4 is 10.1 Å². The zero-order valence-corrected chi connectivity index (χ0v) is 10.5. The van der Waals surface area contributed by atoms with Crippen molar-refractivity contribution in [3.8, 4) is 5.75 Å². The van der Waals surface area contributed by atoms with Crippen LogP contribution in [0.3, 0.4) is 0 Å². The van der Waals surface area contributed by atoms with Gasteiger partial charge in [0.2, 0.25) is 5.75 Å². The Hall–Kier alpha value is -1.96. The molecule has 1 aromatic carbocycles. The van der Waals surface area contributed by atoms with Crippen LogP contribution in [0.2, 0.25) is 0 Å². The molecule has 0 atom stereocenters. The summed E-state index contributed by atoms with van der Waals surface area (Å²) in [6, 6.07) is 3.61. The molecule has 0 aliphatic heterocycles. The Labute approximate surface area is 113 Å². The van der Waals surface area contributed by atoms with E-state index in [1.807, 2.05) is 0 Å². The summed E-state index contributed by atoms with van der Waals surface area (Å²) in [7, 11) is 0. The second-order valence-corrected chi connectivity index (χ2v) is 4.75. The fourth-order valence-electron chi connectivity index (χ4n) is 1.99. The Morgan fingerprint density at radius 1 is 1.50 bits per heavy atom. The lowest BCUT2D eigenvalue weighted by atomic mass is 9.80. The van der Waals surface area contributed by atoms with Gasteiger partial charge in [-0.1, -0.05) is 0 Å². The third kappa shape index (κ3) is 3.32. The maximum absolute atomic E-state index is 12.2. The minimum Gasteiger partial charge on any atom is -0.427 e. The molecule has 2 rings (SSSR count). The predicted octanol–water partition coefficient (Wildman–Crippen LogP) is 2.52. The number of aliphatic hydroxyl groups is 1. The summed E-state index contributed by atoms with van der Waals surface area (Å²) in [5.41, 5.74) is -0.935. The first-order valence-electron chi connectivity index (χ1n) is 6.09. The third-order valence-corrected chi connectivity index (χ3v) is 3.28. The van der Waals surface area contributed by atoms with Crippen molar-refractivity contribution < 1.29 is 23.5 Å². The van der Waals surface area contributed by atoms with Gasteiger partial charge in [0, 0.05) is 24.4 Å². The number of ether oxygens (including phenoxy) is 1. The van der Waals surface area contributed by atoms with E-state index in [-0.39, 0.29) is 6.54 Å². The quantitative estimate of drug-likeness (QED) is 0.620. The average Bonchev–Trinajstić information content (AvgIpc) is 2.33. The van der Waals surface area contributed by atoms with Gasteiger partial charge in [-0.2, -0.15) is 8.78 Å². The first-order valence-corrected chi connectivity index (χ1v) is 6.09. The van der Waals surface area contributed by atoms with Gasteiger partial charge in [-0.3, -0.25) is 10.1 Å². The molecular weight excluding hydrogens is 274 g/mol. The van der Waals surface area contributed by atoms with E-state index in [1.54, 1.807) is 0 Å². The lowest BCUT2D eigenvalue weighted by molar-refractivity contribution is -0.386. The number of nitro benzene ring substituents is 1. The summed E-state index contributed by atoms with van der Waals surface area (Å²) in [4.78, 5) is 9.92. The van der Waals surface area contributed by atoms with E-state index in [0.717, 1.165) is 18.6 Å². The molecule has 1 fully saturated rings. The van der Waals surface area contributed by atoms with Crippen molar-refractivity contribution in [3.05, 3.63) is 28.3 Å². The van der Waals surface area contributed by atoms with Gasteiger partial charge < -0.3 is 15.2 Å². The minimum atomic E-state index is -3.14. The predicted molar refractivity (Wildman–Crippen MR) is 67.0 cm³/mol. The Balaban J connectivity index is 2.11. The van der Waals surface area contributed by atoms with Gasteiger partial charge in [-0.15, -0.1) is 0 Å². The summed E-state index contributed by atoms with van der Waals surface area (Å²) in [5.74, 6) is -0.504. The number of nitrogens with zero attached hydrogens (tertiary/aromatic N) is 1. The third-order valence-electron chi connectivity index (χ3n) is 3.28. The van der Waals surface area contributed by atoms with Crippen LogP contribution in [0.1, 0.15) is 19.3 Å². The van der Waals surface area contributed by atoms with Crippen LogP contribution in [-0.4, -0.2) is 28.8 Å². The number of nitro groups is 1. The molecule has 0 spiro atoms. The smallest absolute Gasteiger partial charge is 0.387 e. The monoisotopic (exact) mass is 288 g/mol. The first kappa shape index (κ1) is 14.4. The van der Waals surface area contributed by atoms with Gasteiger partial charge in [0.05, 0.1) is 10.5 Å². The summed E-state index contributed by atoms with van der Waals surface area (Å²) in [6.07, 6.45) is 2.29. The van der Waals surface area contributed by atoms with E-state index in [1.165, 1.54) is 6.07 Å². The molecule has 1 aliphatic carbocycles. The van der Waals surface area contributed by atoms with Crippen molar-refractivity contribution in [1.82, 2.24) is 0 Å². The molecule has 6 nitrogen and oxygen atoms in total. The minimum absolute atomic E-state index is 0.263. The highest BCUT2D eigenvalue weighted by Gasteiger charge is 2.34. The van der Waals surface area contributed by atoms with E-state index in [0.29, 0.717) is 18.5 Å². The molecule has 0 saturated heterocycles. The molecule has 1 aliphatic rings. The number of benzene rings is 1. The van der Waals surface area contributed by atoms with Crippen LogP contribution in [0.25, 0.3) is 0 Å². The number of anilines is 1. The standard InChI is InChI=1S/C12H14F2N2O4/c13-11(14)20-10-6-8(2-3-9(10)16(18)19)15-7-12(17)4-1-5-12/h2-3,6,11,15,17H,1,4-5,7H2. The highest BCUT2D eigenvalue weighted by Crippen LogP contribution is 2.34. The van der Waals surface area contributed by atoms with Crippen molar-refractivity contribution in [2.24, 2.45) is 0 Å². The molecule has 20 heavy (non-hydrogen) atoms. The normalized spacial score (nSPS) is 16.6. The Morgan fingerprint density at radius 3 is 2.70 bits per heavy atom. The molecule has 0 unspecified atom stereocenters. The fourth-order valence-corrected chi connectivity index (χ4v) is 1.99. The van der Waals surface area contributed by atoms with E-state index < -0.39 is 28.6 Å². The zero-order chi connectivity index (χ0) is 14.8. The Morgan fingerprint density at radius 2 is 2.20 bits per heavy atom. The molecule has 0 amide bonds. The van der Waals surface area contributed by atoms with Gasteiger partial charge in [0.15, 0.2) is 0 Å². The number of nitrogens with one attached hydrogen (secondary N) is 1. The van der Waals surface area contributed by atoms with E-state index in [2.05, 4.69) is 10.1 Å². The lowest BCUT2D eigenvalue weighted by Crippen LogP contribution is -2.43. The van der Waals surface area contributed by atoms with Crippen LogP contribution in [0.4, 0.5) is 20.2 Å². The van der Waals surface area contributed by atoms with E-state index in [4.69, 9.17) is 0 Å². The summed E-state index contributed by atoms with van der Waals surface area (Å²) >= 11 is 0. The largest absolute Gasteiger partial charge is 0.427 e. The number of hydrogen-bond acceptors (Lipinski definition) is 5. The van der Waals surface area contributed by atoms with Gasteiger partial charge in [0.1, 0.15) is 0 Å². The van der Waals surface area contributed by atoms with Crippen molar-refractivity contribution in [2.45, 2.75) is 31.5 Å². The van der Waals surface area contributed by atoms with Gasteiger partial charge in [-0.25, -0.2) is 0 Å². The van der Waals surface area contributed by atoms with Crippen LogP contribution in [-0.2, 0) is 0 Å². The second-order valence-electron chi connectivity index (χ2n) is 4.75. The molecule has 1 saturated carbocycles. The molecule has 110 valence electrons. The Kier molecular flexibility index (Phi) is 4.03. The van der Waals surface area contributed by atoms with Crippen molar-refractivity contribution in [1.29, 1.82) is 0 Å². The van der Waals surface area contributed by atoms with Crippen LogP contribution in [0.5, 0.6) is 5.75 Å². The summed E-state index contributed by atoms with van der Waals surface area (Å²) in [6.45, 7) is -2.88. The molecular formula is C12H14F2N2O4. The van der Waals surface area contributed by atoms with Crippen molar-refractivity contribution in [2.75, 3.05) is 11.9 Å². The van der Waals surface area contributed by atoms with Crippen LogP contribution >= 0.6 is 0 Å². The number of rotatable bonds is 6. The zero-order valence-electron chi connectivity index (χ0n) is 10.5. The van der Waals surface area contributed by atoms with Crippen molar-refractivity contribution in [3.63, 3.8) is 0 Å². The van der Waals surface area contributed by atoms with Crippen LogP contribution in [0.15, 0.2) is 18.2 Å². The summed E-state index contributed by atoms with van der Waals surface area (Å²) < 4.78 is 28.6. The molecule has 2 N–H and O–H groups in total. The number of alkyl halides is 2. The highest BCUT2D eigenvalue weighted by atomic mass is 19.3. The highest BCUT2D eigenvalue weighted by molar-refractivity contribution is 5.58. The van der Waals surface area contributed by atoms with E-state index >= 15 is 0 Å². The van der Waals surface area contributed by atoms with Gasteiger partial charge >= 0.3 is 12.3 Å². The lowest BCUT2D eigenvalue weighted by Gasteiger charge is -2.36. The number of hydrogen-bond donors (Lipinski definition) is 2. The maximum Gasteiger partial charge on any atom is 0.387 e. The van der Waals surface area contributed by atoms with Gasteiger partial charge in [0.25, 0.3) is 0 Å². The Bertz CT molecular complexity index is 506. The van der Waals surface area contributed by atoms with Gasteiger partial charge in [-0.05, 0) is 25.3 Å². The SMILES string of the molecule is O=[N+]([O-])c1ccc(NCC2(O)CCC2)cc1OC(F)F. The summed E-state index contributed by atoms with van der Waals surface area (Å²) in [5, 5.41) is 23.5. The maximum atomic E-state index is 12.2. The molecule has 0 heterocycles. The molecule has 1 aromatic rings. The average molecular weight is 288 g/mol. The molecule has 0 radical (unpaired) electrons. The number of halogens is 2. The molecule has 8 heteroatoms. The molecule has 0 aromatic heterocycles. The first-order chi connectivity index (χ1) is 9.39. The molecule has 0 bridgehead atoms. The second kappa shape index (κ2) is 5.58. The fraction of sp³-hybridized carbons (Fsp3) is 0.500. The van der Waals surface area contributed by atoms with Crippen LogP contribution in [0, 0.1) is 10.1 Å². The topological polar surface area (TPSA) is 84.6 Å². The van der Waals surface area contributed by atoms with Crippen molar-refractivity contribution >= 4 is 11.4 Å².